The number of nitrogens with zero attached hydrogens (tertiary/aromatic N) is 2. The average Bonchev–Trinajstić information content (AvgIpc) is 2.85. The van der Waals surface area contributed by atoms with Gasteiger partial charge in [-0.25, -0.2) is 8.93 Å². The Morgan fingerprint density at radius 2 is 1.82 bits per heavy atom. The van der Waals surface area contributed by atoms with E-state index in [2.05, 4.69) is 15.0 Å². The van der Waals surface area contributed by atoms with E-state index in [1.54, 1.807) is 53.9 Å². The molecule has 1 heterocycles. The van der Waals surface area contributed by atoms with Crippen LogP contribution in [-0.2, 0) is 11.2 Å². The van der Waals surface area contributed by atoms with Crippen molar-refractivity contribution in [3.8, 4) is 11.3 Å². The van der Waals surface area contributed by atoms with Gasteiger partial charge in [-0.05, 0) is 67.9 Å². The van der Waals surface area contributed by atoms with Crippen molar-refractivity contribution < 1.29 is 9.00 Å². The maximum atomic E-state index is 12.9. The van der Waals surface area contributed by atoms with Gasteiger partial charge in [0.1, 0.15) is 0 Å². The number of hydrogen-bond acceptors (Lipinski definition) is 3. The third-order valence-electron chi connectivity index (χ3n) is 5.23. The van der Waals surface area contributed by atoms with Gasteiger partial charge in [0.05, 0.1) is 16.4 Å². The van der Waals surface area contributed by atoms with E-state index in [9.17, 15) is 9.00 Å². The van der Waals surface area contributed by atoms with Crippen LogP contribution in [0.2, 0.25) is 5.02 Å². The van der Waals surface area contributed by atoms with Crippen LogP contribution in [-0.4, -0.2) is 28.7 Å². The Morgan fingerprint density at radius 3 is 2.55 bits per heavy atom. The van der Waals surface area contributed by atoms with Gasteiger partial charge in [0.15, 0.2) is 11.2 Å². The second kappa shape index (κ2) is 10.1. The van der Waals surface area contributed by atoms with Crippen LogP contribution < -0.4 is 14.3 Å². The second-order valence-corrected chi connectivity index (χ2v) is 8.98. The summed E-state index contributed by atoms with van der Waals surface area (Å²) in [5, 5.41) is 5.53. The quantitative estimate of drug-likeness (QED) is 0.372. The molecule has 0 saturated carbocycles. The molecule has 33 heavy (non-hydrogen) atoms. The van der Waals surface area contributed by atoms with E-state index in [0.29, 0.717) is 22.8 Å². The van der Waals surface area contributed by atoms with Crippen LogP contribution >= 0.6 is 11.6 Å². The van der Waals surface area contributed by atoms with Crippen LogP contribution in [0.3, 0.4) is 0 Å². The molecule has 0 aliphatic rings. The third-order valence-corrected chi connectivity index (χ3v) is 6.78. The highest BCUT2D eigenvalue weighted by Crippen LogP contribution is 2.34. The molecule has 2 N–H and O–H groups in total. The third kappa shape index (κ3) is 4.90. The molecule has 168 valence electrons. The molecule has 0 aliphatic heterocycles. The van der Waals surface area contributed by atoms with Gasteiger partial charge < -0.3 is 5.32 Å². The molecule has 0 spiro atoms. The molecular formula is C25H23ClN4O2S. The largest absolute Gasteiger partial charge is 0.322 e. The molecule has 1 aromatic heterocycles. The van der Waals surface area contributed by atoms with E-state index in [1.165, 1.54) is 0 Å². The van der Waals surface area contributed by atoms with Crippen LogP contribution in [0, 0.1) is 0 Å². The van der Waals surface area contributed by atoms with Crippen molar-refractivity contribution in [2.75, 3.05) is 23.2 Å². The fourth-order valence-electron chi connectivity index (χ4n) is 3.61. The lowest BCUT2D eigenvalue weighted by Crippen LogP contribution is -2.33. The zero-order chi connectivity index (χ0) is 23.4. The van der Waals surface area contributed by atoms with Crippen molar-refractivity contribution in [3.05, 3.63) is 89.6 Å². The summed E-state index contributed by atoms with van der Waals surface area (Å²) in [6, 6.07) is 22.2. The van der Waals surface area contributed by atoms with Crippen molar-refractivity contribution >= 4 is 50.8 Å². The van der Waals surface area contributed by atoms with Crippen LogP contribution in [0.15, 0.2) is 79.0 Å². The lowest BCUT2D eigenvalue weighted by molar-refractivity contribution is 0.102. The van der Waals surface area contributed by atoms with E-state index in [0.717, 1.165) is 27.7 Å². The Morgan fingerprint density at radius 1 is 1.06 bits per heavy atom. The predicted octanol–water partition coefficient (Wildman–Crippen LogP) is 5.43. The van der Waals surface area contributed by atoms with E-state index in [1.807, 2.05) is 43.3 Å². The van der Waals surface area contributed by atoms with Crippen LogP contribution in [0.1, 0.15) is 17.3 Å². The number of pyridine rings is 1. The number of halogens is 1. The van der Waals surface area contributed by atoms with Crippen molar-refractivity contribution in [2.24, 2.45) is 0 Å². The number of hydrogen-bond donors (Lipinski definition) is 2. The normalized spacial score (nSPS) is 11.8. The molecule has 0 radical (unpaired) electrons. The first-order chi connectivity index (χ1) is 16.0. The van der Waals surface area contributed by atoms with Gasteiger partial charge in [-0.1, -0.05) is 35.9 Å². The highest BCUT2D eigenvalue weighted by Gasteiger charge is 2.14. The first-order valence-electron chi connectivity index (χ1n) is 10.4. The van der Waals surface area contributed by atoms with Crippen LogP contribution in [0.25, 0.3) is 22.0 Å². The van der Waals surface area contributed by atoms with Gasteiger partial charge in [-0.3, -0.25) is 14.1 Å². The Kier molecular flexibility index (Phi) is 7.03. The summed E-state index contributed by atoms with van der Waals surface area (Å²) in [4.78, 5) is 17.4. The van der Waals surface area contributed by atoms with Gasteiger partial charge in [0.25, 0.3) is 5.91 Å². The molecule has 0 fully saturated rings. The van der Waals surface area contributed by atoms with Crippen molar-refractivity contribution in [1.82, 2.24) is 9.71 Å². The minimum atomic E-state index is -1.33. The molecule has 8 heteroatoms. The average molecular weight is 479 g/mol. The molecule has 6 nitrogen and oxygen atoms in total. The fourth-order valence-corrected chi connectivity index (χ4v) is 4.58. The number of benzene rings is 3. The lowest BCUT2D eigenvalue weighted by Gasteiger charge is -2.20. The Hall–Kier alpha value is -3.26. The minimum absolute atomic E-state index is 0.251. The smallest absolute Gasteiger partial charge is 0.255 e. The summed E-state index contributed by atoms with van der Waals surface area (Å²) in [6.07, 6.45) is 1.75. The van der Waals surface area contributed by atoms with Crippen molar-refractivity contribution in [2.45, 2.75) is 6.92 Å². The fraction of sp³-hybridized carbons (Fsp3) is 0.120. The molecule has 0 aliphatic carbocycles. The molecule has 4 aromatic rings. The van der Waals surface area contributed by atoms with E-state index < -0.39 is 11.2 Å². The molecule has 1 unspecified atom stereocenters. The van der Waals surface area contributed by atoms with Crippen LogP contribution in [0.5, 0.6) is 0 Å². The summed E-state index contributed by atoms with van der Waals surface area (Å²) in [7, 11) is 1.63. The monoisotopic (exact) mass is 478 g/mol. The lowest BCUT2D eigenvalue weighted by atomic mass is 10.0. The standard InChI is InChI=1S/C25H23ClN4O2S/c1-3-30(33(32)27-2)20-11-8-18(9-12-20)25(31)29-19-10-13-23(26)22(16-19)24-21-7-5-4-6-17(21)14-15-28-24/h4-16,27H,3H2,1-2H3,(H,29,31). The SMILES string of the molecule is CCN(c1ccc(C(=O)Nc2ccc(Cl)c(-c3nccc4ccccc34)c2)cc1)S(=O)NC. The number of carbonyl (C=O) groups is 1. The number of amides is 1. The summed E-state index contributed by atoms with van der Waals surface area (Å²) in [6.45, 7) is 2.48. The second-order valence-electron chi connectivity index (χ2n) is 7.22. The number of aromatic nitrogens is 1. The van der Waals surface area contributed by atoms with Crippen molar-refractivity contribution in [3.63, 3.8) is 0 Å². The highest BCUT2D eigenvalue weighted by atomic mass is 35.5. The van der Waals surface area contributed by atoms with Gasteiger partial charge in [0.2, 0.25) is 0 Å². The molecule has 0 saturated heterocycles. The zero-order valence-electron chi connectivity index (χ0n) is 18.2. The number of carbonyl (C=O) groups excluding carboxylic acids is 1. The molecule has 0 bridgehead atoms. The maximum Gasteiger partial charge on any atom is 0.255 e. The first-order valence-corrected chi connectivity index (χ1v) is 11.9. The maximum absolute atomic E-state index is 12.9. The molecule has 4 rings (SSSR count). The van der Waals surface area contributed by atoms with Crippen LogP contribution in [0.4, 0.5) is 11.4 Å². The molecule has 1 atom stereocenters. The van der Waals surface area contributed by atoms with Gasteiger partial charge in [-0.15, -0.1) is 0 Å². The number of fused-ring (bicyclic) bond motifs is 1. The predicted molar refractivity (Wildman–Crippen MR) is 137 cm³/mol. The first kappa shape index (κ1) is 22.9. The summed E-state index contributed by atoms with van der Waals surface area (Å²) in [5.74, 6) is -0.251. The van der Waals surface area contributed by atoms with E-state index in [4.69, 9.17) is 11.6 Å². The zero-order valence-corrected chi connectivity index (χ0v) is 19.8. The van der Waals surface area contributed by atoms with E-state index in [-0.39, 0.29) is 5.91 Å². The Labute approximate surface area is 200 Å². The number of rotatable bonds is 7. The summed E-state index contributed by atoms with van der Waals surface area (Å²) < 4.78 is 16.5. The van der Waals surface area contributed by atoms with E-state index >= 15 is 0 Å². The summed E-state index contributed by atoms with van der Waals surface area (Å²) >= 11 is 5.16. The Balaban J connectivity index is 1.59. The number of anilines is 2. The number of nitrogens with one attached hydrogen (secondary N) is 2. The van der Waals surface area contributed by atoms with Crippen molar-refractivity contribution in [1.29, 1.82) is 0 Å². The van der Waals surface area contributed by atoms with Gasteiger partial charge in [-0.2, -0.15) is 0 Å². The highest BCUT2D eigenvalue weighted by molar-refractivity contribution is 7.84. The molecule has 1 amide bonds. The molecule has 3 aromatic carbocycles. The van der Waals surface area contributed by atoms with Gasteiger partial charge in [0, 0.05) is 34.9 Å². The Bertz CT molecular complexity index is 1320. The van der Waals surface area contributed by atoms with Gasteiger partial charge >= 0.3 is 0 Å². The molecular weight excluding hydrogens is 456 g/mol. The summed E-state index contributed by atoms with van der Waals surface area (Å²) in [5.41, 5.74) is 3.37. The topological polar surface area (TPSA) is 74.3 Å². The minimum Gasteiger partial charge on any atom is -0.322 e.